The molecule has 0 spiro atoms. The van der Waals surface area contributed by atoms with E-state index in [1.165, 1.54) is 18.4 Å². The van der Waals surface area contributed by atoms with Gasteiger partial charge in [-0.3, -0.25) is 4.98 Å². The highest BCUT2D eigenvalue weighted by Crippen LogP contribution is 2.33. The van der Waals surface area contributed by atoms with Crippen LogP contribution in [0.4, 0.5) is 0 Å². The predicted octanol–water partition coefficient (Wildman–Crippen LogP) is 4.14. The van der Waals surface area contributed by atoms with E-state index in [2.05, 4.69) is 28.5 Å². The second-order valence-electron chi connectivity index (χ2n) is 4.70. The Hall–Kier alpha value is -1.03. The first-order chi connectivity index (χ1) is 9.31. The van der Waals surface area contributed by atoms with Crippen LogP contribution >= 0.6 is 23.4 Å². The summed E-state index contributed by atoms with van der Waals surface area (Å²) in [7, 11) is 0. The lowest BCUT2D eigenvalue weighted by Gasteiger charge is -2.07. The van der Waals surface area contributed by atoms with Crippen LogP contribution in [0, 0.1) is 0 Å². The van der Waals surface area contributed by atoms with E-state index >= 15 is 0 Å². The first-order valence-corrected chi connectivity index (χ1v) is 7.60. The fourth-order valence-electron chi connectivity index (χ4n) is 1.82. The van der Waals surface area contributed by atoms with E-state index in [1.54, 1.807) is 24.2 Å². The van der Waals surface area contributed by atoms with Gasteiger partial charge < -0.3 is 5.32 Å². The largest absolute Gasteiger partial charge is 0.310 e. The van der Waals surface area contributed by atoms with Gasteiger partial charge in [-0.05, 0) is 42.7 Å². The van der Waals surface area contributed by atoms with E-state index in [-0.39, 0.29) is 0 Å². The maximum absolute atomic E-state index is 6.35. The summed E-state index contributed by atoms with van der Waals surface area (Å²) in [6, 6.07) is 11.0. The molecule has 0 radical (unpaired) electrons. The Bertz CT molecular complexity index is 555. The molecule has 4 heteroatoms. The van der Waals surface area contributed by atoms with Crippen LogP contribution in [0.2, 0.25) is 5.02 Å². The van der Waals surface area contributed by atoms with E-state index in [1.807, 2.05) is 12.1 Å². The zero-order valence-corrected chi connectivity index (χ0v) is 12.0. The number of nitrogens with one attached hydrogen (secondary N) is 1. The molecular formula is C15H15ClN2S. The average Bonchev–Trinajstić information content (AvgIpc) is 3.25. The fraction of sp³-hybridized carbons (Fsp3) is 0.267. The molecule has 0 unspecified atom stereocenters. The summed E-state index contributed by atoms with van der Waals surface area (Å²) in [5, 5.41) is 4.31. The Morgan fingerprint density at radius 2 is 2.00 bits per heavy atom. The van der Waals surface area contributed by atoms with Gasteiger partial charge in [0.1, 0.15) is 0 Å². The van der Waals surface area contributed by atoms with Gasteiger partial charge in [-0.2, -0.15) is 0 Å². The Balaban J connectivity index is 1.68. The third kappa shape index (κ3) is 3.72. The van der Waals surface area contributed by atoms with Crippen LogP contribution in [-0.2, 0) is 6.54 Å². The van der Waals surface area contributed by atoms with Crippen LogP contribution in [0.1, 0.15) is 18.4 Å². The summed E-state index contributed by atoms with van der Waals surface area (Å²) in [6.07, 6.45) is 6.21. The van der Waals surface area contributed by atoms with Gasteiger partial charge >= 0.3 is 0 Å². The Labute approximate surface area is 122 Å². The van der Waals surface area contributed by atoms with Crippen molar-refractivity contribution >= 4 is 23.4 Å². The van der Waals surface area contributed by atoms with Crippen molar-refractivity contribution in [2.24, 2.45) is 0 Å². The van der Waals surface area contributed by atoms with Crippen molar-refractivity contribution in [1.82, 2.24) is 10.3 Å². The van der Waals surface area contributed by atoms with Gasteiger partial charge in [0.2, 0.25) is 0 Å². The van der Waals surface area contributed by atoms with Crippen molar-refractivity contribution in [1.29, 1.82) is 0 Å². The van der Waals surface area contributed by atoms with E-state index < -0.39 is 0 Å². The van der Waals surface area contributed by atoms with E-state index in [4.69, 9.17) is 11.6 Å². The van der Waals surface area contributed by atoms with Gasteiger partial charge in [0.15, 0.2) is 0 Å². The second-order valence-corrected chi connectivity index (χ2v) is 6.23. The molecule has 0 saturated heterocycles. The third-order valence-corrected chi connectivity index (χ3v) is 4.55. The molecule has 1 aliphatic carbocycles. The van der Waals surface area contributed by atoms with Crippen molar-refractivity contribution in [2.75, 3.05) is 0 Å². The number of nitrogens with zero attached hydrogens (tertiary/aromatic N) is 1. The maximum atomic E-state index is 6.35. The van der Waals surface area contributed by atoms with Gasteiger partial charge in [-0.25, -0.2) is 0 Å². The molecule has 1 aliphatic rings. The smallest absolute Gasteiger partial charge is 0.0548 e. The highest BCUT2D eigenvalue weighted by atomic mass is 35.5. The molecule has 1 fully saturated rings. The minimum atomic E-state index is 0.727. The summed E-state index contributed by atoms with van der Waals surface area (Å²) in [5.74, 6) is 0. The molecule has 1 N–H and O–H groups in total. The Kier molecular flexibility index (Phi) is 4.06. The molecule has 2 aromatic rings. The first kappa shape index (κ1) is 13.0. The third-order valence-electron chi connectivity index (χ3n) is 3.05. The summed E-state index contributed by atoms with van der Waals surface area (Å²) in [6.45, 7) is 0.907. The van der Waals surface area contributed by atoms with Crippen molar-refractivity contribution in [3.8, 4) is 0 Å². The summed E-state index contributed by atoms with van der Waals surface area (Å²) < 4.78 is 0. The lowest BCUT2D eigenvalue weighted by atomic mass is 10.2. The molecular weight excluding hydrogens is 276 g/mol. The van der Waals surface area contributed by atoms with Gasteiger partial charge in [0.05, 0.1) is 5.02 Å². The van der Waals surface area contributed by atoms with Crippen LogP contribution < -0.4 is 5.32 Å². The van der Waals surface area contributed by atoms with Gasteiger partial charge in [-0.15, -0.1) is 0 Å². The van der Waals surface area contributed by atoms with Crippen molar-refractivity contribution < 1.29 is 0 Å². The number of aromatic nitrogens is 1. The monoisotopic (exact) mass is 290 g/mol. The summed E-state index contributed by atoms with van der Waals surface area (Å²) in [5.41, 5.74) is 1.25. The summed E-state index contributed by atoms with van der Waals surface area (Å²) >= 11 is 8.01. The molecule has 98 valence electrons. The van der Waals surface area contributed by atoms with E-state index in [0.717, 1.165) is 27.4 Å². The second kappa shape index (κ2) is 5.95. The van der Waals surface area contributed by atoms with Crippen LogP contribution in [0.15, 0.2) is 52.5 Å². The molecule has 0 bridgehead atoms. The number of halogens is 1. The predicted molar refractivity (Wildman–Crippen MR) is 79.7 cm³/mol. The molecule has 0 atom stereocenters. The van der Waals surface area contributed by atoms with Crippen molar-refractivity contribution in [2.45, 2.75) is 35.2 Å². The molecule has 1 aromatic heterocycles. The number of pyridine rings is 1. The van der Waals surface area contributed by atoms with Crippen LogP contribution in [-0.4, -0.2) is 11.0 Å². The standard InChI is InChI=1S/C15H15ClN2S/c16-14-9-11(10-18-12-2-3-12)1-4-15(14)19-13-5-7-17-8-6-13/h1,4-9,12,18H,2-3,10H2. The molecule has 1 saturated carbocycles. The van der Waals surface area contributed by atoms with Crippen molar-refractivity contribution in [3.05, 3.63) is 53.3 Å². The molecule has 0 aliphatic heterocycles. The zero-order chi connectivity index (χ0) is 13.1. The minimum Gasteiger partial charge on any atom is -0.310 e. The first-order valence-electron chi connectivity index (χ1n) is 6.41. The number of hydrogen-bond donors (Lipinski definition) is 1. The maximum Gasteiger partial charge on any atom is 0.0548 e. The van der Waals surface area contributed by atoms with Crippen molar-refractivity contribution in [3.63, 3.8) is 0 Å². The normalized spacial score (nSPS) is 14.6. The van der Waals surface area contributed by atoms with Crippen LogP contribution in [0.5, 0.6) is 0 Å². The summed E-state index contributed by atoms with van der Waals surface area (Å²) in [4.78, 5) is 6.26. The number of hydrogen-bond acceptors (Lipinski definition) is 3. The molecule has 2 nitrogen and oxygen atoms in total. The van der Waals surface area contributed by atoms with E-state index in [0.29, 0.717) is 0 Å². The molecule has 0 amide bonds. The highest BCUT2D eigenvalue weighted by molar-refractivity contribution is 7.99. The Morgan fingerprint density at radius 3 is 2.68 bits per heavy atom. The number of benzene rings is 1. The van der Waals surface area contributed by atoms with Gasteiger partial charge in [0, 0.05) is 34.8 Å². The quantitative estimate of drug-likeness (QED) is 0.896. The topological polar surface area (TPSA) is 24.9 Å². The molecule has 1 aromatic carbocycles. The number of rotatable bonds is 5. The van der Waals surface area contributed by atoms with E-state index in [9.17, 15) is 0 Å². The molecule has 19 heavy (non-hydrogen) atoms. The minimum absolute atomic E-state index is 0.727. The SMILES string of the molecule is Clc1cc(CNC2CC2)ccc1Sc1ccncc1. The van der Waals surface area contributed by atoms with Gasteiger partial charge in [0.25, 0.3) is 0 Å². The average molecular weight is 291 g/mol. The molecule has 3 rings (SSSR count). The molecule has 1 heterocycles. The highest BCUT2D eigenvalue weighted by Gasteiger charge is 2.19. The van der Waals surface area contributed by atoms with Crippen LogP contribution in [0.3, 0.4) is 0 Å². The van der Waals surface area contributed by atoms with Gasteiger partial charge in [-0.1, -0.05) is 29.4 Å². The lowest BCUT2D eigenvalue weighted by Crippen LogP contribution is -2.15. The Morgan fingerprint density at radius 1 is 1.21 bits per heavy atom. The fourth-order valence-corrected chi connectivity index (χ4v) is 2.94. The lowest BCUT2D eigenvalue weighted by molar-refractivity contribution is 0.687. The zero-order valence-electron chi connectivity index (χ0n) is 10.5. The van der Waals surface area contributed by atoms with Crippen LogP contribution in [0.25, 0.3) is 0 Å².